The molecule has 1 aliphatic rings. The Morgan fingerprint density at radius 2 is 1.62 bits per heavy atom. The molecule has 2 aromatic rings. The van der Waals surface area contributed by atoms with Crippen LogP contribution in [0.4, 0.5) is 0 Å². The number of benzene rings is 2. The van der Waals surface area contributed by atoms with Crippen LogP contribution in [0, 0.1) is 0 Å². The molecule has 154 valence electrons. The summed E-state index contributed by atoms with van der Waals surface area (Å²) in [6.07, 6.45) is 2.26. The Kier molecular flexibility index (Phi) is 7.11. The highest BCUT2D eigenvalue weighted by atomic mass is 16.5. The monoisotopic (exact) mass is 396 g/mol. The summed E-state index contributed by atoms with van der Waals surface area (Å²) in [7, 11) is 3.16. The maximum atomic E-state index is 12.5. The van der Waals surface area contributed by atoms with Crippen molar-refractivity contribution < 1.29 is 19.1 Å². The van der Waals surface area contributed by atoms with Gasteiger partial charge in [-0.15, -0.1) is 0 Å². The van der Waals surface area contributed by atoms with Crippen LogP contribution >= 0.6 is 0 Å². The Morgan fingerprint density at radius 3 is 2.28 bits per heavy atom. The van der Waals surface area contributed by atoms with E-state index < -0.39 is 0 Å². The van der Waals surface area contributed by atoms with Crippen molar-refractivity contribution in [1.82, 2.24) is 10.2 Å². The second-order valence-corrected chi connectivity index (χ2v) is 7.25. The molecule has 1 N–H and O–H groups in total. The first kappa shape index (κ1) is 20.7. The molecule has 0 spiro atoms. The number of carbonyl (C=O) groups excluding carboxylic acids is 2. The van der Waals surface area contributed by atoms with Crippen molar-refractivity contribution >= 4 is 11.8 Å². The van der Waals surface area contributed by atoms with Crippen LogP contribution in [0.1, 0.15) is 24.0 Å². The number of hydrogen-bond acceptors (Lipinski definition) is 4. The van der Waals surface area contributed by atoms with Crippen LogP contribution in [0.5, 0.6) is 11.5 Å². The minimum atomic E-state index is -0.0220. The number of carbonyl (C=O) groups is 2. The van der Waals surface area contributed by atoms with Gasteiger partial charge in [0.25, 0.3) is 0 Å². The van der Waals surface area contributed by atoms with E-state index in [0.29, 0.717) is 31.0 Å². The zero-order chi connectivity index (χ0) is 20.6. The highest BCUT2D eigenvalue weighted by Gasteiger charge is 2.24. The van der Waals surface area contributed by atoms with Gasteiger partial charge in [0.05, 0.1) is 27.1 Å². The highest BCUT2D eigenvalue weighted by Crippen LogP contribution is 2.27. The molecule has 0 aromatic heterocycles. The van der Waals surface area contributed by atoms with Crippen LogP contribution in [0.15, 0.2) is 48.5 Å². The second-order valence-electron chi connectivity index (χ2n) is 7.25. The fraction of sp³-hybridized carbons (Fsp3) is 0.391. The molecule has 6 heteroatoms. The van der Waals surface area contributed by atoms with Gasteiger partial charge in [-0.25, -0.2) is 0 Å². The van der Waals surface area contributed by atoms with Crippen molar-refractivity contribution in [3.05, 3.63) is 59.7 Å². The zero-order valence-corrected chi connectivity index (χ0v) is 17.0. The third-order valence-corrected chi connectivity index (χ3v) is 5.22. The fourth-order valence-electron chi connectivity index (χ4n) is 3.61. The summed E-state index contributed by atoms with van der Waals surface area (Å²) in [6.45, 7) is 1.35. The van der Waals surface area contributed by atoms with Gasteiger partial charge in [-0.1, -0.05) is 36.4 Å². The molecule has 0 saturated carbocycles. The minimum absolute atomic E-state index is 0.0220. The van der Waals surface area contributed by atoms with Crippen molar-refractivity contribution in [2.75, 3.05) is 27.3 Å². The molecule has 1 heterocycles. The molecule has 29 heavy (non-hydrogen) atoms. The van der Waals surface area contributed by atoms with Crippen LogP contribution in [0.25, 0.3) is 0 Å². The molecular weight excluding hydrogens is 368 g/mol. The SMILES string of the molecule is COc1ccc(CC(=O)NC2CCN(C(=O)Cc3ccccc3)CC2)cc1OC. The Labute approximate surface area is 171 Å². The second kappa shape index (κ2) is 9.96. The number of ether oxygens (including phenoxy) is 2. The average molecular weight is 396 g/mol. The number of piperidine rings is 1. The molecule has 2 amide bonds. The number of nitrogens with one attached hydrogen (secondary N) is 1. The van der Waals surface area contributed by atoms with Gasteiger partial charge in [0.15, 0.2) is 11.5 Å². The molecular formula is C23H28N2O4. The Bertz CT molecular complexity index is 830. The molecule has 3 rings (SSSR count). The van der Waals surface area contributed by atoms with E-state index in [-0.39, 0.29) is 24.3 Å². The van der Waals surface area contributed by atoms with Crippen LogP contribution in [0.3, 0.4) is 0 Å². The number of likely N-dealkylation sites (tertiary alicyclic amines) is 1. The van der Waals surface area contributed by atoms with E-state index in [4.69, 9.17) is 9.47 Å². The number of methoxy groups -OCH3 is 2. The van der Waals surface area contributed by atoms with Gasteiger partial charge in [0.1, 0.15) is 0 Å². The predicted molar refractivity (Wildman–Crippen MR) is 111 cm³/mol. The summed E-state index contributed by atoms with van der Waals surface area (Å²) in [4.78, 5) is 26.8. The molecule has 1 saturated heterocycles. The summed E-state index contributed by atoms with van der Waals surface area (Å²) < 4.78 is 10.5. The summed E-state index contributed by atoms with van der Waals surface area (Å²) >= 11 is 0. The summed E-state index contributed by atoms with van der Waals surface area (Å²) in [6, 6.07) is 15.4. The van der Waals surface area contributed by atoms with Crippen molar-refractivity contribution in [3.63, 3.8) is 0 Å². The lowest BCUT2D eigenvalue weighted by molar-refractivity contribution is -0.131. The topological polar surface area (TPSA) is 67.9 Å². The first-order chi connectivity index (χ1) is 14.1. The van der Waals surface area contributed by atoms with Gasteiger partial charge in [0, 0.05) is 19.1 Å². The average Bonchev–Trinajstić information content (AvgIpc) is 2.74. The molecule has 0 unspecified atom stereocenters. The summed E-state index contributed by atoms with van der Waals surface area (Å²) in [5, 5.41) is 3.09. The van der Waals surface area contributed by atoms with Gasteiger partial charge in [-0.2, -0.15) is 0 Å². The Morgan fingerprint density at radius 1 is 0.931 bits per heavy atom. The smallest absolute Gasteiger partial charge is 0.226 e. The van der Waals surface area contributed by atoms with E-state index in [1.54, 1.807) is 20.3 Å². The van der Waals surface area contributed by atoms with E-state index in [2.05, 4.69) is 5.32 Å². The Balaban J connectivity index is 1.45. The molecule has 6 nitrogen and oxygen atoms in total. The van der Waals surface area contributed by atoms with Crippen LogP contribution in [-0.2, 0) is 22.4 Å². The van der Waals surface area contributed by atoms with E-state index in [1.807, 2.05) is 47.4 Å². The highest BCUT2D eigenvalue weighted by molar-refractivity contribution is 5.80. The third kappa shape index (κ3) is 5.73. The van der Waals surface area contributed by atoms with E-state index in [9.17, 15) is 9.59 Å². The van der Waals surface area contributed by atoms with Gasteiger partial charge < -0.3 is 19.7 Å². The third-order valence-electron chi connectivity index (χ3n) is 5.22. The van der Waals surface area contributed by atoms with Crippen LogP contribution in [-0.4, -0.2) is 50.1 Å². The maximum Gasteiger partial charge on any atom is 0.226 e. The molecule has 0 bridgehead atoms. The lowest BCUT2D eigenvalue weighted by atomic mass is 10.0. The summed E-state index contributed by atoms with van der Waals surface area (Å²) in [5.41, 5.74) is 1.90. The van der Waals surface area contributed by atoms with Crippen molar-refractivity contribution in [1.29, 1.82) is 0 Å². The van der Waals surface area contributed by atoms with E-state index in [0.717, 1.165) is 24.0 Å². The maximum absolute atomic E-state index is 12.5. The molecule has 0 aliphatic carbocycles. The number of hydrogen-bond donors (Lipinski definition) is 1. The largest absolute Gasteiger partial charge is 0.493 e. The molecule has 0 radical (unpaired) electrons. The number of amides is 2. The fourth-order valence-corrected chi connectivity index (χ4v) is 3.61. The minimum Gasteiger partial charge on any atom is -0.493 e. The van der Waals surface area contributed by atoms with Crippen LogP contribution < -0.4 is 14.8 Å². The summed E-state index contributed by atoms with van der Waals surface area (Å²) in [5.74, 6) is 1.38. The number of rotatable bonds is 7. The molecule has 0 atom stereocenters. The van der Waals surface area contributed by atoms with Crippen molar-refractivity contribution in [2.24, 2.45) is 0 Å². The molecule has 1 fully saturated rings. The number of nitrogens with zero attached hydrogens (tertiary/aromatic N) is 1. The lowest BCUT2D eigenvalue weighted by Crippen LogP contribution is -2.47. The molecule has 1 aliphatic heterocycles. The van der Waals surface area contributed by atoms with E-state index in [1.165, 1.54) is 0 Å². The van der Waals surface area contributed by atoms with Crippen molar-refractivity contribution in [2.45, 2.75) is 31.7 Å². The quantitative estimate of drug-likeness (QED) is 0.781. The molecule has 2 aromatic carbocycles. The first-order valence-corrected chi connectivity index (χ1v) is 9.91. The van der Waals surface area contributed by atoms with Gasteiger partial charge in [-0.05, 0) is 36.1 Å². The van der Waals surface area contributed by atoms with Gasteiger partial charge in [-0.3, -0.25) is 9.59 Å². The standard InChI is InChI=1S/C23H28N2O4/c1-28-20-9-8-18(14-21(20)29-2)15-22(26)24-19-10-12-25(13-11-19)23(27)16-17-6-4-3-5-7-17/h3-9,14,19H,10-13,15-16H2,1-2H3,(H,24,26). The van der Waals surface area contributed by atoms with Crippen molar-refractivity contribution in [3.8, 4) is 11.5 Å². The van der Waals surface area contributed by atoms with Gasteiger partial charge in [0.2, 0.25) is 11.8 Å². The first-order valence-electron chi connectivity index (χ1n) is 9.91. The predicted octanol–water partition coefficient (Wildman–Crippen LogP) is 2.60. The normalized spacial score (nSPS) is 14.3. The lowest BCUT2D eigenvalue weighted by Gasteiger charge is -2.32. The van der Waals surface area contributed by atoms with Gasteiger partial charge >= 0.3 is 0 Å². The Hall–Kier alpha value is -3.02. The van der Waals surface area contributed by atoms with Crippen LogP contribution in [0.2, 0.25) is 0 Å². The van der Waals surface area contributed by atoms with E-state index >= 15 is 0 Å². The zero-order valence-electron chi connectivity index (χ0n) is 17.0.